The molecule has 1 atom stereocenters. The smallest absolute Gasteiger partial charge is 0.135 e. The van der Waals surface area contributed by atoms with E-state index in [2.05, 4.69) is 9.97 Å². The van der Waals surface area contributed by atoms with Gasteiger partial charge < -0.3 is 5.11 Å². The Kier molecular flexibility index (Phi) is 3.95. The molecule has 1 unspecified atom stereocenters. The predicted molar refractivity (Wildman–Crippen MR) is 118 cm³/mol. The summed E-state index contributed by atoms with van der Waals surface area (Å²) in [5, 5.41) is 14.1. The summed E-state index contributed by atoms with van der Waals surface area (Å²) >= 11 is 0. The molecule has 2 aromatic heterocycles. The summed E-state index contributed by atoms with van der Waals surface area (Å²) in [6, 6.07) is 22.2. The monoisotopic (exact) mass is 409 g/mol. The van der Waals surface area contributed by atoms with Crippen LogP contribution in [0.2, 0.25) is 0 Å². The number of hydrogen-bond acceptors (Lipinski definition) is 3. The van der Waals surface area contributed by atoms with Crippen molar-refractivity contribution in [3.63, 3.8) is 0 Å². The molecule has 152 valence electrons. The fourth-order valence-electron chi connectivity index (χ4n) is 4.55. The molecule has 1 fully saturated rings. The first-order chi connectivity index (χ1) is 15.1. The van der Waals surface area contributed by atoms with Gasteiger partial charge in [0.25, 0.3) is 0 Å². The van der Waals surface area contributed by atoms with Crippen LogP contribution in [0.25, 0.3) is 27.5 Å². The van der Waals surface area contributed by atoms with Crippen molar-refractivity contribution in [1.29, 1.82) is 0 Å². The molecule has 3 aromatic carbocycles. The molecule has 0 spiro atoms. The molecule has 1 N–H and O–H groups in total. The molecule has 6 rings (SSSR count). The van der Waals surface area contributed by atoms with Gasteiger partial charge in [-0.2, -0.15) is 0 Å². The predicted octanol–water partition coefficient (Wildman–Crippen LogP) is 5.36. The standard InChI is InChI=1S/C26H20FN3O/c27-20-8-10-21(11-9-20)30-16-29-23-15-19(7-12-24(23)30)26(31,18-5-6-18)25-22-4-2-1-3-17(22)13-14-28-25/h1-4,7-16,18,31H,5-6H2. The van der Waals surface area contributed by atoms with Crippen molar-refractivity contribution in [1.82, 2.24) is 14.5 Å². The minimum Gasteiger partial charge on any atom is -0.378 e. The highest BCUT2D eigenvalue weighted by atomic mass is 19.1. The van der Waals surface area contributed by atoms with Crippen molar-refractivity contribution in [2.75, 3.05) is 0 Å². The number of nitrogens with zero attached hydrogens (tertiary/aromatic N) is 3. The minimum atomic E-state index is -1.17. The molecule has 31 heavy (non-hydrogen) atoms. The van der Waals surface area contributed by atoms with Crippen molar-refractivity contribution < 1.29 is 9.50 Å². The van der Waals surface area contributed by atoms with Gasteiger partial charge in [0.15, 0.2) is 0 Å². The molecule has 1 aliphatic carbocycles. The van der Waals surface area contributed by atoms with Crippen LogP contribution in [0.3, 0.4) is 0 Å². The van der Waals surface area contributed by atoms with Crippen molar-refractivity contribution in [2.24, 2.45) is 5.92 Å². The molecule has 2 heterocycles. The van der Waals surface area contributed by atoms with Crippen molar-refractivity contribution in [3.8, 4) is 5.69 Å². The zero-order chi connectivity index (χ0) is 21.0. The summed E-state index contributed by atoms with van der Waals surface area (Å²) in [6.07, 6.45) is 5.42. The van der Waals surface area contributed by atoms with Crippen LogP contribution in [0.1, 0.15) is 24.1 Å². The highest BCUT2D eigenvalue weighted by Gasteiger charge is 2.48. The molecule has 0 saturated heterocycles. The van der Waals surface area contributed by atoms with Gasteiger partial charge >= 0.3 is 0 Å². The largest absolute Gasteiger partial charge is 0.378 e. The van der Waals surface area contributed by atoms with E-state index in [9.17, 15) is 9.50 Å². The summed E-state index contributed by atoms with van der Waals surface area (Å²) in [5.41, 5.74) is 2.85. The van der Waals surface area contributed by atoms with Crippen LogP contribution in [-0.2, 0) is 5.60 Å². The Balaban J connectivity index is 1.51. The Labute approximate surface area is 178 Å². The number of aliphatic hydroxyl groups is 1. The molecule has 5 aromatic rings. The van der Waals surface area contributed by atoms with Crippen molar-refractivity contribution in [3.05, 3.63) is 102 Å². The molecular formula is C26H20FN3O. The van der Waals surface area contributed by atoms with E-state index < -0.39 is 5.60 Å². The second-order valence-electron chi connectivity index (χ2n) is 8.22. The molecule has 1 aliphatic rings. The molecule has 1 saturated carbocycles. The van der Waals surface area contributed by atoms with Gasteiger partial charge in [-0.3, -0.25) is 9.55 Å². The van der Waals surface area contributed by atoms with E-state index in [4.69, 9.17) is 0 Å². The van der Waals surface area contributed by atoms with Gasteiger partial charge in [-0.05, 0) is 72.2 Å². The van der Waals surface area contributed by atoms with Crippen LogP contribution in [0.15, 0.2) is 85.3 Å². The van der Waals surface area contributed by atoms with E-state index >= 15 is 0 Å². The van der Waals surface area contributed by atoms with E-state index in [1.54, 1.807) is 24.7 Å². The van der Waals surface area contributed by atoms with Gasteiger partial charge in [0, 0.05) is 17.3 Å². The van der Waals surface area contributed by atoms with Crippen LogP contribution >= 0.6 is 0 Å². The maximum Gasteiger partial charge on any atom is 0.135 e. The third-order valence-corrected chi connectivity index (χ3v) is 6.29. The highest BCUT2D eigenvalue weighted by Crippen LogP contribution is 2.50. The van der Waals surface area contributed by atoms with Gasteiger partial charge in [-0.25, -0.2) is 9.37 Å². The summed E-state index contributed by atoms with van der Waals surface area (Å²) in [7, 11) is 0. The third kappa shape index (κ3) is 2.85. The van der Waals surface area contributed by atoms with Crippen molar-refractivity contribution in [2.45, 2.75) is 18.4 Å². The molecule has 0 radical (unpaired) electrons. The third-order valence-electron chi connectivity index (χ3n) is 6.29. The van der Waals surface area contributed by atoms with E-state index in [1.165, 1.54) is 12.1 Å². The summed E-state index contributed by atoms with van der Waals surface area (Å²) in [4.78, 5) is 9.21. The van der Waals surface area contributed by atoms with E-state index in [1.807, 2.05) is 53.1 Å². The first kappa shape index (κ1) is 18.2. The highest BCUT2D eigenvalue weighted by molar-refractivity contribution is 5.86. The summed E-state index contributed by atoms with van der Waals surface area (Å²) in [5.74, 6) is -0.144. The lowest BCUT2D eigenvalue weighted by Crippen LogP contribution is -2.31. The Morgan fingerprint density at radius 1 is 0.935 bits per heavy atom. The number of aromatic nitrogens is 3. The zero-order valence-electron chi connectivity index (χ0n) is 16.7. The zero-order valence-corrected chi connectivity index (χ0v) is 16.7. The van der Waals surface area contributed by atoms with Gasteiger partial charge in [0.05, 0.1) is 16.7 Å². The van der Waals surface area contributed by atoms with Gasteiger partial charge in [-0.15, -0.1) is 0 Å². The molecular weight excluding hydrogens is 389 g/mol. The maximum atomic E-state index is 13.3. The second kappa shape index (κ2) is 6.72. The lowest BCUT2D eigenvalue weighted by Gasteiger charge is -2.29. The van der Waals surface area contributed by atoms with Crippen LogP contribution in [0.4, 0.5) is 4.39 Å². The van der Waals surface area contributed by atoms with Gasteiger partial charge in [-0.1, -0.05) is 30.3 Å². The summed E-state index contributed by atoms with van der Waals surface area (Å²) < 4.78 is 15.2. The quantitative estimate of drug-likeness (QED) is 0.435. The first-order valence-electron chi connectivity index (χ1n) is 10.4. The average Bonchev–Trinajstić information content (AvgIpc) is 3.59. The van der Waals surface area contributed by atoms with E-state index in [0.29, 0.717) is 5.69 Å². The lowest BCUT2D eigenvalue weighted by molar-refractivity contribution is 0.0537. The van der Waals surface area contributed by atoms with Crippen LogP contribution in [0, 0.1) is 11.7 Å². The number of hydrogen-bond donors (Lipinski definition) is 1. The molecule has 4 nitrogen and oxygen atoms in total. The first-order valence-corrected chi connectivity index (χ1v) is 10.4. The maximum absolute atomic E-state index is 13.3. The Morgan fingerprint density at radius 3 is 2.55 bits per heavy atom. The number of fused-ring (bicyclic) bond motifs is 2. The number of halogens is 1. The fourth-order valence-corrected chi connectivity index (χ4v) is 4.55. The second-order valence-corrected chi connectivity index (χ2v) is 8.22. The SMILES string of the molecule is OC(c1ccc2c(c1)ncn2-c1ccc(F)cc1)(c1nccc2ccccc12)C1CC1. The van der Waals surface area contributed by atoms with Gasteiger partial charge in [0.1, 0.15) is 17.7 Å². The van der Waals surface area contributed by atoms with Crippen LogP contribution < -0.4 is 0 Å². The van der Waals surface area contributed by atoms with Crippen molar-refractivity contribution >= 4 is 21.8 Å². The summed E-state index contributed by atoms with van der Waals surface area (Å²) in [6.45, 7) is 0. The Morgan fingerprint density at radius 2 is 1.74 bits per heavy atom. The average molecular weight is 409 g/mol. The fraction of sp³-hybridized carbons (Fsp3) is 0.154. The number of benzene rings is 3. The lowest BCUT2D eigenvalue weighted by atomic mass is 9.83. The Bertz CT molecular complexity index is 1420. The number of pyridine rings is 1. The topological polar surface area (TPSA) is 50.9 Å². The molecule has 0 aliphatic heterocycles. The van der Waals surface area contributed by atoms with Gasteiger partial charge in [0.2, 0.25) is 0 Å². The minimum absolute atomic E-state index is 0.127. The molecule has 5 heteroatoms. The van der Waals surface area contributed by atoms with Crippen LogP contribution in [0.5, 0.6) is 0 Å². The Hall–Kier alpha value is -3.57. The molecule has 0 bridgehead atoms. The van der Waals surface area contributed by atoms with Crippen LogP contribution in [-0.4, -0.2) is 19.6 Å². The number of rotatable bonds is 4. The normalized spacial score (nSPS) is 15.9. The molecule has 0 amide bonds. The van der Waals surface area contributed by atoms with E-state index in [0.717, 1.165) is 45.9 Å². The number of imidazole rings is 1. The van der Waals surface area contributed by atoms with E-state index in [-0.39, 0.29) is 11.7 Å².